The van der Waals surface area contributed by atoms with E-state index in [0.717, 1.165) is 32.2 Å². The largest absolute Gasteiger partial charge is 0.313 e. The molecule has 4 heteroatoms. The maximum atomic E-state index is 12.8. The lowest BCUT2D eigenvalue weighted by molar-refractivity contribution is 0.288. The second-order valence-corrected chi connectivity index (χ2v) is 8.86. The van der Waals surface area contributed by atoms with Crippen molar-refractivity contribution in [3.8, 4) is 0 Å². The van der Waals surface area contributed by atoms with Gasteiger partial charge in [-0.3, -0.25) is 0 Å². The summed E-state index contributed by atoms with van der Waals surface area (Å²) in [5.74, 6) is 0.767. The van der Waals surface area contributed by atoms with Crippen LogP contribution in [0.25, 0.3) is 0 Å². The summed E-state index contributed by atoms with van der Waals surface area (Å²) in [7, 11) is -3.04. The summed E-state index contributed by atoms with van der Waals surface area (Å²) in [4.78, 5) is 0. The normalized spacial score (nSPS) is 30.5. The molecule has 4 unspecified atom stereocenters. The van der Waals surface area contributed by atoms with Crippen LogP contribution >= 0.6 is 0 Å². The minimum absolute atomic E-state index is 0.152. The van der Waals surface area contributed by atoms with E-state index in [9.17, 15) is 8.42 Å². The molecule has 19 heavy (non-hydrogen) atoms. The van der Waals surface area contributed by atoms with Crippen molar-refractivity contribution in [3.05, 3.63) is 0 Å². The Bertz CT molecular complexity index is 364. The molecular weight excluding hydrogens is 258 g/mol. The van der Waals surface area contributed by atoms with E-state index in [4.69, 9.17) is 0 Å². The molecule has 0 amide bonds. The standard InChI is InChI=1S/C15H31NO2S/c1-6-13-8-9-14(16-7-2)15(10-13)19(17,18)12(5)11(3)4/h11-16H,6-10H2,1-5H3. The third-order valence-electron chi connectivity index (χ3n) is 4.82. The van der Waals surface area contributed by atoms with Crippen molar-refractivity contribution in [2.24, 2.45) is 11.8 Å². The Hall–Kier alpha value is -0.0900. The highest BCUT2D eigenvalue weighted by atomic mass is 32.2. The molecule has 1 N–H and O–H groups in total. The molecule has 0 heterocycles. The molecule has 0 aromatic rings. The lowest BCUT2D eigenvalue weighted by Crippen LogP contribution is -2.51. The van der Waals surface area contributed by atoms with Crippen LogP contribution in [0.3, 0.4) is 0 Å². The first kappa shape index (κ1) is 17.0. The van der Waals surface area contributed by atoms with Crippen LogP contribution < -0.4 is 5.32 Å². The minimum atomic E-state index is -3.04. The van der Waals surface area contributed by atoms with E-state index in [1.165, 1.54) is 0 Å². The average molecular weight is 289 g/mol. The summed E-state index contributed by atoms with van der Waals surface area (Å²) in [6.07, 6.45) is 4.10. The van der Waals surface area contributed by atoms with Crippen LogP contribution in [-0.4, -0.2) is 31.5 Å². The Morgan fingerprint density at radius 2 is 1.79 bits per heavy atom. The maximum absolute atomic E-state index is 12.8. The second kappa shape index (κ2) is 7.07. The molecule has 0 radical (unpaired) electrons. The van der Waals surface area contributed by atoms with Crippen LogP contribution in [0, 0.1) is 11.8 Å². The van der Waals surface area contributed by atoms with Gasteiger partial charge in [-0.2, -0.15) is 0 Å². The van der Waals surface area contributed by atoms with Gasteiger partial charge in [-0.25, -0.2) is 8.42 Å². The van der Waals surface area contributed by atoms with Gasteiger partial charge < -0.3 is 5.32 Å². The van der Waals surface area contributed by atoms with Gasteiger partial charge in [0.05, 0.1) is 10.5 Å². The van der Waals surface area contributed by atoms with Crippen LogP contribution in [0.2, 0.25) is 0 Å². The first-order chi connectivity index (χ1) is 8.84. The fraction of sp³-hybridized carbons (Fsp3) is 1.00. The van der Waals surface area contributed by atoms with E-state index in [1.54, 1.807) is 0 Å². The molecule has 0 aromatic heterocycles. The van der Waals surface area contributed by atoms with Crippen LogP contribution in [0.15, 0.2) is 0 Å². The highest BCUT2D eigenvalue weighted by Crippen LogP contribution is 2.33. The molecule has 1 fully saturated rings. The van der Waals surface area contributed by atoms with Gasteiger partial charge in [-0.1, -0.05) is 34.1 Å². The molecule has 0 bridgehead atoms. The van der Waals surface area contributed by atoms with Crippen molar-refractivity contribution in [1.29, 1.82) is 0 Å². The summed E-state index contributed by atoms with van der Waals surface area (Å²) in [6.45, 7) is 11.0. The summed E-state index contributed by atoms with van der Waals surface area (Å²) in [5, 5.41) is 2.97. The smallest absolute Gasteiger partial charge is 0.157 e. The van der Waals surface area contributed by atoms with Crippen molar-refractivity contribution < 1.29 is 8.42 Å². The molecule has 3 nitrogen and oxygen atoms in total. The van der Waals surface area contributed by atoms with Crippen molar-refractivity contribution in [3.63, 3.8) is 0 Å². The summed E-state index contributed by atoms with van der Waals surface area (Å²) < 4.78 is 25.7. The SMILES string of the molecule is CCNC1CCC(CC)CC1S(=O)(=O)C(C)C(C)C. The van der Waals surface area contributed by atoms with Crippen molar-refractivity contribution in [2.75, 3.05) is 6.54 Å². The van der Waals surface area contributed by atoms with Crippen LogP contribution in [-0.2, 0) is 9.84 Å². The summed E-state index contributed by atoms with van der Waals surface area (Å²) in [5.41, 5.74) is 0. The average Bonchev–Trinajstić information content (AvgIpc) is 2.38. The van der Waals surface area contributed by atoms with Crippen molar-refractivity contribution >= 4 is 9.84 Å². The van der Waals surface area contributed by atoms with Crippen LogP contribution in [0.4, 0.5) is 0 Å². The fourth-order valence-corrected chi connectivity index (χ4v) is 5.64. The summed E-state index contributed by atoms with van der Waals surface area (Å²) in [6, 6.07) is 0.152. The Kier molecular flexibility index (Phi) is 6.31. The van der Waals surface area contributed by atoms with Gasteiger partial charge in [-0.15, -0.1) is 0 Å². The number of sulfone groups is 1. The molecule has 1 rings (SSSR count). The Morgan fingerprint density at radius 3 is 2.26 bits per heavy atom. The monoisotopic (exact) mass is 289 g/mol. The highest BCUT2D eigenvalue weighted by molar-refractivity contribution is 7.92. The topological polar surface area (TPSA) is 46.2 Å². The zero-order valence-corrected chi connectivity index (χ0v) is 14.0. The van der Waals surface area contributed by atoms with E-state index < -0.39 is 9.84 Å². The Morgan fingerprint density at radius 1 is 1.16 bits per heavy atom. The number of hydrogen-bond donors (Lipinski definition) is 1. The third-order valence-corrected chi connectivity index (χ3v) is 7.77. The van der Waals surface area contributed by atoms with E-state index in [-0.39, 0.29) is 22.5 Å². The van der Waals surface area contributed by atoms with Gasteiger partial charge >= 0.3 is 0 Å². The fourth-order valence-electron chi connectivity index (χ4n) is 3.10. The molecular formula is C15H31NO2S. The Labute approximate surface area is 119 Å². The molecule has 0 aliphatic heterocycles. The van der Waals surface area contributed by atoms with Gasteiger partial charge in [0.15, 0.2) is 9.84 Å². The van der Waals surface area contributed by atoms with Gasteiger partial charge in [0, 0.05) is 6.04 Å². The van der Waals surface area contributed by atoms with E-state index in [1.807, 2.05) is 20.8 Å². The molecule has 4 atom stereocenters. The maximum Gasteiger partial charge on any atom is 0.157 e. The molecule has 0 spiro atoms. The lowest BCUT2D eigenvalue weighted by Gasteiger charge is -2.38. The third kappa shape index (κ3) is 3.94. The predicted octanol–water partition coefficient (Wildman–Crippen LogP) is 3.00. The van der Waals surface area contributed by atoms with Gasteiger partial charge in [0.25, 0.3) is 0 Å². The van der Waals surface area contributed by atoms with E-state index in [2.05, 4.69) is 19.2 Å². The Balaban J connectivity index is 2.95. The van der Waals surface area contributed by atoms with Gasteiger partial charge in [0.1, 0.15) is 0 Å². The molecule has 0 aromatic carbocycles. The lowest BCUT2D eigenvalue weighted by atomic mass is 9.84. The van der Waals surface area contributed by atoms with E-state index in [0.29, 0.717) is 5.92 Å². The zero-order chi connectivity index (χ0) is 14.6. The zero-order valence-electron chi connectivity index (χ0n) is 13.1. The van der Waals surface area contributed by atoms with Crippen LogP contribution in [0.1, 0.15) is 60.3 Å². The number of rotatable bonds is 6. The second-order valence-electron chi connectivity index (χ2n) is 6.33. The molecule has 1 aliphatic rings. The molecule has 1 aliphatic carbocycles. The van der Waals surface area contributed by atoms with Crippen LogP contribution in [0.5, 0.6) is 0 Å². The first-order valence-corrected chi connectivity index (χ1v) is 9.41. The predicted molar refractivity (Wildman–Crippen MR) is 82.1 cm³/mol. The first-order valence-electron chi connectivity index (χ1n) is 7.80. The van der Waals surface area contributed by atoms with Gasteiger partial charge in [0.2, 0.25) is 0 Å². The number of nitrogens with one attached hydrogen (secondary N) is 1. The number of hydrogen-bond acceptors (Lipinski definition) is 3. The van der Waals surface area contributed by atoms with Gasteiger partial charge in [-0.05, 0) is 44.6 Å². The van der Waals surface area contributed by atoms with E-state index >= 15 is 0 Å². The minimum Gasteiger partial charge on any atom is -0.313 e. The molecule has 114 valence electrons. The quantitative estimate of drug-likeness (QED) is 0.817. The van der Waals surface area contributed by atoms with Crippen molar-refractivity contribution in [1.82, 2.24) is 5.32 Å². The van der Waals surface area contributed by atoms with Crippen molar-refractivity contribution in [2.45, 2.75) is 76.8 Å². The highest BCUT2D eigenvalue weighted by Gasteiger charge is 2.41. The summed E-state index contributed by atoms with van der Waals surface area (Å²) >= 11 is 0. The molecule has 1 saturated carbocycles. The molecule has 0 saturated heterocycles.